The van der Waals surface area contributed by atoms with E-state index < -0.39 is 5.41 Å². The van der Waals surface area contributed by atoms with Gasteiger partial charge in [-0.25, -0.2) is 0 Å². The maximum Gasteiger partial charge on any atom is 0.253 e. The smallest absolute Gasteiger partial charge is 0.253 e. The van der Waals surface area contributed by atoms with Crippen molar-refractivity contribution >= 4 is 17.6 Å². The predicted octanol–water partition coefficient (Wildman–Crippen LogP) is 1.94. The molecule has 0 N–H and O–H groups in total. The first kappa shape index (κ1) is 14.6. The summed E-state index contributed by atoms with van der Waals surface area (Å²) >= 11 is 0. The van der Waals surface area contributed by atoms with E-state index in [0.29, 0.717) is 13.0 Å². The van der Waals surface area contributed by atoms with Crippen LogP contribution in [-0.2, 0) is 14.4 Å². The largest absolute Gasteiger partial charge is 0.299 e. The molecule has 0 saturated heterocycles. The van der Waals surface area contributed by atoms with Crippen LogP contribution in [0.4, 0.5) is 0 Å². The first-order valence-electron chi connectivity index (χ1n) is 6.10. The molecule has 0 fully saturated rings. The quantitative estimate of drug-likeness (QED) is 0.702. The van der Waals surface area contributed by atoms with E-state index >= 15 is 0 Å². The molecule has 0 spiro atoms. The fourth-order valence-corrected chi connectivity index (χ4v) is 2.39. The summed E-state index contributed by atoms with van der Waals surface area (Å²) in [6.07, 6.45) is 3.20. The van der Waals surface area contributed by atoms with Crippen molar-refractivity contribution in [3.05, 3.63) is 12.2 Å². The second kappa shape index (κ2) is 4.67. The van der Waals surface area contributed by atoms with E-state index in [2.05, 4.69) is 0 Å². The molecule has 1 aliphatic heterocycles. The molecule has 0 saturated carbocycles. The Kier molecular flexibility index (Phi) is 3.79. The number of hydrogen-bond acceptors (Lipinski definition) is 3. The lowest BCUT2D eigenvalue weighted by Gasteiger charge is -2.35. The number of amides is 2. The van der Waals surface area contributed by atoms with Gasteiger partial charge in [0.15, 0.2) is 0 Å². The third kappa shape index (κ3) is 3.28. The Hall–Kier alpha value is -1.45. The molecule has 1 rings (SSSR count). The molecule has 0 aromatic carbocycles. The van der Waals surface area contributed by atoms with Crippen LogP contribution < -0.4 is 0 Å². The van der Waals surface area contributed by atoms with Gasteiger partial charge in [0.05, 0.1) is 0 Å². The van der Waals surface area contributed by atoms with E-state index in [0.717, 1.165) is 0 Å². The standard InChI is InChI=1S/C14H21NO3/c1-10(16)14(4,5)8-13(2,3)9-15-11(17)6-7-12(15)18/h6-7H,8-9H2,1-5H3. The van der Waals surface area contributed by atoms with Gasteiger partial charge in [0.2, 0.25) is 0 Å². The van der Waals surface area contributed by atoms with E-state index in [9.17, 15) is 14.4 Å². The highest BCUT2D eigenvalue weighted by atomic mass is 16.2. The Morgan fingerprint density at radius 3 is 1.94 bits per heavy atom. The Morgan fingerprint density at radius 1 is 1.11 bits per heavy atom. The van der Waals surface area contributed by atoms with Crippen molar-refractivity contribution < 1.29 is 14.4 Å². The van der Waals surface area contributed by atoms with E-state index in [1.54, 1.807) is 6.92 Å². The van der Waals surface area contributed by atoms with Gasteiger partial charge < -0.3 is 0 Å². The highest BCUT2D eigenvalue weighted by Crippen LogP contribution is 2.35. The number of Topliss-reactive ketones (excluding diaryl/α,β-unsaturated/α-hetero) is 1. The monoisotopic (exact) mass is 251 g/mol. The molecular formula is C14H21NO3. The second-order valence-electron chi connectivity index (χ2n) is 6.38. The number of hydrogen-bond donors (Lipinski definition) is 0. The molecule has 1 heterocycles. The molecule has 0 aromatic heterocycles. The molecule has 4 heteroatoms. The number of rotatable bonds is 5. The third-order valence-electron chi connectivity index (χ3n) is 3.36. The summed E-state index contributed by atoms with van der Waals surface area (Å²) in [7, 11) is 0. The molecule has 2 amide bonds. The zero-order valence-electron chi connectivity index (χ0n) is 11.7. The Labute approximate surface area is 108 Å². The minimum atomic E-state index is -0.442. The molecule has 18 heavy (non-hydrogen) atoms. The molecule has 0 radical (unpaired) electrons. The third-order valence-corrected chi connectivity index (χ3v) is 3.36. The van der Waals surface area contributed by atoms with Crippen LogP contribution in [0.2, 0.25) is 0 Å². The summed E-state index contributed by atoms with van der Waals surface area (Å²) in [5.74, 6) is -0.421. The van der Waals surface area contributed by atoms with E-state index in [4.69, 9.17) is 0 Å². The van der Waals surface area contributed by atoms with Crippen LogP contribution in [0.15, 0.2) is 12.2 Å². The van der Waals surface area contributed by atoms with Gasteiger partial charge in [-0.15, -0.1) is 0 Å². The van der Waals surface area contributed by atoms with Crippen LogP contribution in [-0.4, -0.2) is 29.0 Å². The summed E-state index contributed by atoms with van der Waals surface area (Å²) in [4.78, 5) is 35.8. The summed E-state index contributed by atoms with van der Waals surface area (Å²) in [6, 6.07) is 0. The molecule has 0 atom stereocenters. The van der Waals surface area contributed by atoms with Gasteiger partial charge in [-0.1, -0.05) is 27.7 Å². The minimum absolute atomic E-state index is 0.118. The van der Waals surface area contributed by atoms with E-state index in [1.165, 1.54) is 17.1 Å². The fraction of sp³-hybridized carbons (Fsp3) is 0.643. The first-order chi connectivity index (χ1) is 8.05. The zero-order valence-corrected chi connectivity index (χ0v) is 11.7. The van der Waals surface area contributed by atoms with Crippen molar-refractivity contribution in [3.63, 3.8) is 0 Å². The van der Waals surface area contributed by atoms with Crippen LogP contribution in [0.1, 0.15) is 41.0 Å². The van der Waals surface area contributed by atoms with Crippen molar-refractivity contribution in [2.75, 3.05) is 6.54 Å². The van der Waals surface area contributed by atoms with Crippen LogP contribution in [0.25, 0.3) is 0 Å². The van der Waals surface area contributed by atoms with Crippen molar-refractivity contribution in [1.82, 2.24) is 4.90 Å². The maximum atomic E-state index is 11.5. The predicted molar refractivity (Wildman–Crippen MR) is 68.7 cm³/mol. The lowest BCUT2D eigenvalue weighted by molar-refractivity contribution is -0.138. The van der Waals surface area contributed by atoms with Crippen LogP contribution in [0.5, 0.6) is 0 Å². The number of nitrogens with zero attached hydrogens (tertiary/aromatic N) is 1. The number of imide groups is 1. The van der Waals surface area contributed by atoms with E-state index in [-0.39, 0.29) is 23.0 Å². The number of carbonyl (C=O) groups is 3. The van der Waals surface area contributed by atoms with Gasteiger partial charge >= 0.3 is 0 Å². The van der Waals surface area contributed by atoms with Gasteiger partial charge in [0.25, 0.3) is 11.8 Å². The minimum Gasteiger partial charge on any atom is -0.299 e. The van der Waals surface area contributed by atoms with Gasteiger partial charge in [0.1, 0.15) is 5.78 Å². The summed E-state index contributed by atoms with van der Waals surface area (Å²) in [5.41, 5.74) is -0.727. The van der Waals surface area contributed by atoms with Crippen molar-refractivity contribution in [1.29, 1.82) is 0 Å². The highest BCUT2D eigenvalue weighted by Gasteiger charge is 2.36. The summed E-state index contributed by atoms with van der Waals surface area (Å²) < 4.78 is 0. The lowest BCUT2D eigenvalue weighted by atomic mass is 9.73. The molecular weight excluding hydrogens is 230 g/mol. The lowest BCUT2D eigenvalue weighted by Crippen LogP contribution is -2.41. The molecule has 0 bridgehead atoms. The van der Waals surface area contributed by atoms with Gasteiger partial charge in [-0.2, -0.15) is 0 Å². The van der Waals surface area contributed by atoms with Crippen molar-refractivity contribution in [2.24, 2.45) is 10.8 Å². The van der Waals surface area contributed by atoms with E-state index in [1.807, 2.05) is 27.7 Å². The molecule has 4 nitrogen and oxygen atoms in total. The topological polar surface area (TPSA) is 54.5 Å². The zero-order chi connectivity index (χ0) is 14.1. The van der Waals surface area contributed by atoms with Crippen molar-refractivity contribution in [2.45, 2.75) is 41.0 Å². The SMILES string of the molecule is CC(=O)C(C)(C)CC(C)(C)CN1C(=O)C=CC1=O. The average molecular weight is 251 g/mol. The second-order valence-corrected chi connectivity index (χ2v) is 6.38. The molecule has 0 aliphatic carbocycles. The van der Waals surface area contributed by atoms with Gasteiger partial charge in [-0.05, 0) is 18.8 Å². The van der Waals surface area contributed by atoms with Gasteiger partial charge in [0, 0.05) is 24.1 Å². The first-order valence-corrected chi connectivity index (χ1v) is 6.10. The molecule has 0 unspecified atom stereocenters. The molecule has 1 aliphatic rings. The summed E-state index contributed by atoms with van der Waals surface area (Å²) in [5, 5.41) is 0. The summed E-state index contributed by atoms with van der Waals surface area (Å²) in [6.45, 7) is 9.64. The Bertz CT molecular complexity index is 401. The number of carbonyl (C=O) groups excluding carboxylic acids is 3. The van der Waals surface area contributed by atoms with Crippen LogP contribution in [0.3, 0.4) is 0 Å². The normalized spacial score (nSPS) is 16.6. The maximum absolute atomic E-state index is 11.5. The Morgan fingerprint density at radius 2 is 1.56 bits per heavy atom. The molecule has 0 aromatic rings. The van der Waals surface area contributed by atoms with Crippen LogP contribution in [0, 0.1) is 10.8 Å². The highest BCUT2D eigenvalue weighted by molar-refractivity contribution is 6.12. The Balaban J connectivity index is 2.74. The fourth-order valence-electron chi connectivity index (χ4n) is 2.39. The number of ketones is 1. The average Bonchev–Trinajstić information content (AvgIpc) is 2.47. The van der Waals surface area contributed by atoms with Gasteiger partial charge in [-0.3, -0.25) is 19.3 Å². The van der Waals surface area contributed by atoms with Crippen LogP contribution >= 0.6 is 0 Å². The van der Waals surface area contributed by atoms with Crippen molar-refractivity contribution in [3.8, 4) is 0 Å². The molecule has 100 valence electrons.